The number of rotatable bonds is 0. The Balaban J connectivity index is 2.67. The lowest BCUT2D eigenvalue weighted by Gasteiger charge is -1.87. The molecule has 11 heavy (non-hydrogen) atoms. The minimum absolute atomic E-state index is 0.734. The SMILES string of the molecule is O=C(O)n1cc2ncsc2c1. The van der Waals surface area contributed by atoms with E-state index in [4.69, 9.17) is 5.11 Å². The fraction of sp³-hybridized carbons (Fsp3) is 0. The normalized spacial score (nSPS) is 10.5. The van der Waals surface area contributed by atoms with Crippen LogP contribution in [0, 0.1) is 0 Å². The van der Waals surface area contributed by atoms with Crippen molar-refractivity contribution >= 4 is 27.6 Å². The Hall–Kier alpha value is -1.36. The summed E-state index contributed by atoms with van der Waals surface area (Å²) in [6, 6.07) is 0. The van der Waals surface area contributed by atoms with Crippen molar-refractivity contribution in [1.82, 2.24) is 9.55 Å². The van der Waals surface area contributed by atoms with Crippen LogP contribution in [0.2, 0.25) is 0 Å². The van der Waals surface area contributed by atoms with Crippen molar-refractivity contribution < 1.29 is 9.90 Å². The lowest BCUT2D eigenvalue weighted by Crippen LogP contribution is -2.03. The molecular weight excluding hydrogens is 164 g/mol. The fourth-order valence-corrected chi connectivity index (χ4v) is 1.54. The van der Waals surface area contributed by atoms with Crippen molar-refractivity contribution in [2.75, 3.05) is 0 Å². The molecule has 0 bridgehead atoms. The van der Waals surface area contributed by atoms with Gasteiger partial charge in [0.15, 0.2) is 0 Å². The van der Waals surface area contributed by atoms with E-state index in [0.717, 1.165) is 14.8 Å². The van der Waals surface area contributed by atoms with E-state index in [9.17, 15) is 4.79 Å². The van der Waals surface area contributed by atoms with Gasteiger partial charge in [0.2, 0.25) is 0 Å². The molecule has 0 fully saturated rings. The highest BCUT2D eigenvalue weighted by molar-refractivity contribution is 7.16. The molecule has 0 spiro atoms. The molecule has 0 aromatic carbocycles. The van der Waals surface area contributed by atoms with Crippen LogP contribution in [0.1, 0.15) is 0 Å². The average Bonchev–Trinajstić information content (AvgIpc) is 2.40. The maximum Gasteiger partial charge on any atom is 0.415 e. The highest BCUT2D eigenvalue weighted by Crippen LogP contribution is 2.17. The quantitative estimate of drug-likeness (QED) is 0.650. The summed E-state index contributed by atoms with van der Waals surface area (Å²) in [6.45, 7) is 0. The zero-order chi connectivity index (χ0) is 7.84. The molecule has 2 aromatic rings. The van der Waals surface area contributed by atoms with Gasteiger partial charge in [0, 0.05) is 12.4 Å². The molecule has 0 aliphatic carbocycles. The van der Waals surface area contributed by atoms with Gasteiger partial charge >= 0.3 is 6.09 Å². The van der Waals surface area contributed by atoms with E-state index in [-0.39, 0.29) is 0 Å². The minimum atomic E-state index is -0.977. The van der Waals surface area contributed by atoms with Crippen LogP contribution in [-0.2, 0) is 0 Å². The van der Waals surface area contributed by atoms with E-state index in [2.05, 4.69) is 4.98 Å². The van der Waals surface area contributed by atoms with Crippen molar-refractivity contribution in [2.24, 2.45) is 0 Å². The highest BCUT2D eigenvalue weighted by atomic mass is 32.1. The van der Waals surface area contributed by atoms with Gasteiger partial charge in [-0.25, -0.2) is 9.78 Å². The molecule has 0 unspecified atom stereocenters. The summed E-state index contributed by atoms with van der Waals surface area (Å²) in [5, 5.41) is 8.54. The monoisotopic (exact) mass is 168 g/mol. The van der Waals surface area contributed by atoms with Crippen LogP contribution in [0.3, 0.4) is 0 Å². The van der Waals surface area contributed by atoms with Gasteiger partial charge in [-0.05, 0) is 0 Å². The van der Waals surface area contributed by atoms with Crippen molar-refractivity contribution in [3.63, 3.8) is 0 Å². The number of thiazole rings is 1. The van der Waals surface area contributed by atoms with Gasteiger partial charge < -0.3 is 5.11 Å². The first-order valence-electron chi connectivity index (χ1n) is 2.92. The Morgan fingerprint density at radius 3 is 3.09 bits per heavy atom. The van der Waals surface area contributed by atoms with E-state index in [1.807, 2.05) is 0 Å². The van der Waals surface area contributed by atoms with E-state index in [1.165, 1.54) is 17.5 Å². The second kappa shape index (κ2) is 2.06. The molecule has 0 radical (unpaired) electrons. The van der Waals surface area contributed by atoms with Gasteiger partial charge in [-0.1, -0.05) is 0 Å². The summed E-state index contributed by atoms with van der Waals surface area (Å²) in [5.41, 5.74) is 2.43. The summed E-state index contributed by atoms with van der Waals surface area (Å²) in [4.78, 5) is 14.4. The predicted octanol–water partition coefficient (Wildman–Crippen LogP) is 1.62. The largest absolute Gasteiger partial charge is 0.464 e. The van der Waals surface area contributed by atoms with Crippen molar-refractivity contribution in [1.29, 1.82) is 0 Å². The Kier molecular flexibility index (Phi) is 1.19. The molecule has 2 rings (SSSR count). The fourth-order valence-electron chi connectivity index (χ4n) is 0.863. The minimum Gasteiger partial charge on any atom is -0.464 e. The standard InChI is InChI=1S/C6H4N2O2S/c9-6(10)8-1-4-5(2-8)11-3-7-4/h1-3H,(H,9,10). The molecule has 0 saturated heterocycles. The molecule has 0 aliphatic heterocycles. The summed E-state index contributed by atoms with van der Waals surface area (Å²) in [7, 11) is 0. The van der Waals surface area contributed by atoms with Gasteiger partial charge in [0.25, 0.3) is 0 Å². The van der Waals surface area contributed by atoms with Crippen molar-refractivity contribution in [2.45, 2.75) is 0 Å². The lowest BCUT2D eigenvalue weighted by atomic mass is 10.6. The number of carboxylic acid groups (broad SMARTS) is 1. The molecular formula is C6H4N2O2S. The number of hydrogen-bond acceptors (Lipinski definition) is 3. The predicted molar refractivity (Wildman–Crippen MR) is 41.0 cm³/mol. The third-order valence-corrected chi connectivity index (χ3v) is 2.14. The summed E-state index contributed by atoms with van der Waals surface area (Å²) in [6.07, 6.45) is 2.07. The maximum atomic E-state index is 10.4. The lowest BCUT2D eigenvalue weighted by molar-refractivity contribution is 0.196. The van der Waals surface area contributed by atoms with Gasteiger partial charge in [-0.3, -0.25) is 4.57 Å². The highest BCUT2D eigenvalue weighted by Gasteiger charge is 2.04. The summed E-state index contributed by atoms with van der Waals surface area (Å²) < 4.78 is 2.00. The third kappa shape index (κ3) is 0.894. The number of carbonyl (C=O) groups is 1. The number of fused-ring (bicyclic) bond motifs is 1. The molecule has 56 valence electrons. The second-order valence-electron chi connectivity index (χ2n) is 2.05. The molecule has 0 aliphatic rings. The van der Waals surface area contributed by atoms with Crippen LogP contribution in [-0.4, -0.2) is 20.8 Å². The topological polar surface area (TPSA) is 55.1 Å². The Labute approximate surface area is 65.7 Å². The van der Waals surface area contributed by atoms with E-state index in [1.54, 1.807) is 11.7 Å². The first kappa shape index (κ1) is 6.36. The third-order valence-electron chi connectivity index (χ3n) is 1.36. The summed E-state index contributed by atoms with van der Waals surface area (Å²) >= 11 is 1.43. The van der Waals surface area contributed by atoms with Crippen molar-refractivity contribution in [3.05, 3.63) is 17.9 Å². The molecule has 0 atom stereocenters. The van der Waals surface area contributed by atoms with Crippen LogP contribution in [0.15, 0.2) is 17.9 Å². The molecule has 5 heteroatoms. The number of hydrogen-bond donors (Lipinski definition) is 1. The molecule has 2 aromatic heterocycles. The van der Waals surface area contributed by atoms with Gasteiger partial charge in [-0.15, -0.1) is 11.3 Å². The Morgan fingerprint density at radius 2 is 2.45 bits per heavy atom. The molecule has 0 amide bonds. The van der Waals surface area contributed by atoms with E-state index < -0.39 is 6.09 Å². The molecule has 1 N–H and O–H groups in total. The number of aromatic nitrogens is 2. The first-order valence-corrected chi connectivity index (χ1v) is 3.80. The molecule has 4 nitrogen and oxygen atoms in total. The second-order valence-corrected chi connectivity index (χ2v) is 2.94. The zero-order valence-electron chi connectivity index (χ0n) is 5.39. The molecule has 2 heterocycles. The maximum absolute atomic E-state index is 10.4. The average molecular weight is 168 g/mol. The Bertz CT molecular complexity index is 375. The van der Waals surface area contributed by atoms with Crippen LogP contribution in [0.4, 0.5) is 4.79 Å². The number of nitrogens with zero attached hydrogens (tertiary/aromatic N) is 2. The summed E-state index contributed by atoms with van der Waals surface area (Å²) in [5.74, 6) is 0. The van der Waals surface area contributed by atoms with Crippen LogP contribution in [0.5, 0.6) is 0 Å². The van der Waals surface area contributed by atoms with Gasteiger partial charge in [-0.2, -0.15) is 0 Å². The van der Waals surface area contributed by atoms with Crippen molar-refractivity contribution in [3.8, 4) is 0 Å². The smallest absolute Gasteiger partial charge is 0.415 e. The van der Waals surface area contributed by atoms with Gasteiger partial charge in [0.1, 0.15) is 0 Å². The Morgan fingerprint density at radius 1 is 1.64 bits per heavy atom. The van der Waals surface area contributed by atoms with E-state index in [0.29, 0.717) is 0 Å². The van der Waals surface area contributed by atoms with Crippen LogP contribution < -0.4 is 0 Å². The van der Waals surface area contributed by atoms with Crippen LogP contribution >= 0.6 is 11.3 Å². The van der Waals surface area contributed by atoms with Gasteiger partial charge in [0.05, 0.1) is 15.7 Å². The van der Waals surface area contributed by atoms with Crippen LogP contribution in [0.25, 0.3) is 10.2 Å². The van der Waals surface area contributed by atoms with E-state index >= 15 is 0 Å². The zero-order valence-corrected chi connectivity index (χ0v) is 6.21. The first-order chi connectivity index (χ1) is 5.27. The molecule has 0 saturated carbocycles.